The van der Waals surface area contributed by atoms with Gasteiger partial charge in [0.1, 0.15) is 5.75 Å². The van der Waals surface area contributed by atoms with E-state index in [-0.39, 0.29) is 36.1 Å². The normalized spacial score (nSPS) is 58.3. The highest BCUT2D eigenvalue weighted by molar-refractivity contribution is 5.40. The smallest absolute Gasteiger partial charge is 0.115 e. The van der Waals surface area contributed by atoms with Crippen LogP contribution in [0.1, 0.15) is 57.8 Å². The second-order valence-electron chi connectivity index (χ2n) is 6.78. The zero-order valence-electron chi connectivity index (χ0n) is 18.0. The zero-order valence-corrected chi connectivity index (χ0v) is 12.0. The Morgan fingerprint density at radius 2 is 2.24 bits per heavy atom. The van der Waals surface area contributed by atoms with Crippen LogP contribution in [0.15, 0.2) is 18.2 Å². The molecule has 3 nitrogen and oxygen atoms in total. The molecule has 4 rings (SSSR count). The molecule has 3 N–H and O–H groups in total. The van der Waals surface area contributed by atoms with Gasteiger partial charge >= 0.3 is 0 Å². The number of benzene rings is 1. The highest BCUT2D eigenvalue weighted by atomic mass is 16.3. The van der Waals surface area contributed by atoms with Crippen molar-refractivity contribution >= 4 is 0 Å². The van der Waals surface area contributed by atoms with E-state index in [0.717, 1.165) is 5.56 Å². The van der Waals surface area contributed by atoms with Crippen LogP contribution < -0.4 is 0 Å². The van der Waals surface area contributed by atoms with Crippen molar-refractivity contribution in [1.82, 2.24) is 0 Å². The van der Waals surface area contributed by atoms with E-state index in [1.54, 1.807) is 6.92 Å². The summed E-state index contributed by atoms with van der Waals surface area (Å²) in [7, 11) is 0. The molecule has 2 saturated carbocycles. The fraction of sp³-hybridized carbons (Fsp3) is 0.667. The fourth-order valence-corrected chi connectivity index (χ4v) is 4.63. The molecule has 0 spiro atoms. The predicted molar refractivity (Wildman–Crippen MR) is 80.1 cm³/mol. The van der Waals surface area contributed by atoms with Crippen molar-refractivity contribution in [3.63, 3.8) is 0 Å². The summed E-state index contributed by atoms with van der Waals surface area (Å²) >= 11 is 0. The number of hydrogen-bond acceptors (Lipinski definition) is 3. The molecule has 0 bridgehead atoms. The maximum Gasteiger partial charge on any atom is 0.115 e. The molecule has 21 heavy (non-hydrogen) atoms. The van der Waals surface area contributed by atoms with Gasteiger partial charge in [-0.3, -0.25) is 0 Å². The molecule has 3 heteroatoms. The first-order chi connectivity index (χ1) is 12.3. The van der Waals surface area contributed by atoms with Crippen molar-refractivity contribution in [3.05, 3.63) is 29.3 Å². The molecule has 0 aromatic heterocycles. The molecular weight excluding hydrogens is 264 g/mol. The first kappa shape index (κ1) is 8.54. The monoisotopic (exact) mass is 294 g/mol. The maximum atomic E-state index is 10.7. The van der Waals surface area contributed by atoms with Crippen LogP contribution in [0.4, 0.5) is 0 Å². The maximum absolute atomic E-state index is 10.7. The highest BCUT2D eigenvalue weighted by Crippen LogP contribution is 2.60. The van der Waals surface area contributed by atoms with Gasteiger partial charge in [0.2, 0.25) is 0 Å². The van der Waals surface area contributed by atoms with Crippen molar-refractivity contribution in [1.29, 1.82) is 0 Å². The molecular formula is C18H24O3. The molecule has 1 aromatic carbocycles. The molecule has 6 unspecified atom stereocenters. The van der Waals surface area contributed by atoms with E-state index in [9.17, 15) is 15.3 Å². The SMILES string of the molecule is [2H]c1cc2c(c([2H])c1O)CCC1C2CCC2(C)C1C([2H])([2H])C([2H])(O)C2([2H])O. The standard InChI is InChI=1S/C18H24O3/c1-18-7-6-13-12-5-3-11(19)8-10(12)2-4-14(13)15(18)9-16(20)17(18)21/h3,5,8,13-17,19-21H,2,4,6-7,9H2,1H3/i3D,8D,9D2,16D,17D. The van der Waals surface area contributed by atoms with Crippen LogP contribution in [0.3, 0.4) is 0 Å². The van der Waals surface area contributed by atoms with Gasteiger partial charge in [-0.05, 0) is 78.4 Å². The van der Waals surface area contributed by atoms with E-state index in [0.29, 0.717) is 24.8 Å². The minimum absolute atomic E-state index is 0.0623. The Bertz CT molecular complexity index is 824. The average molecular weight is 294 g/mol. The third-order valence-corrected chi connectivity index (χ3v) is 5.77. The molecule has 3 aliphatic rings. The van der Waals surface area contributed by atoms with Crippen LogP contribution in [0.5, 0.6) is 5.75 Å². The summed E-state index contributed by atoms with van der Waals surface area (Å²) in [5.41, 5.74) is 0.121. The van der Waals surface area contributed by atoms with Gasteiger partial charge in [0, 0.05) is 2.74 Å². The van der Waals surface area contributed by atoms with Gasteiger partial charge in [-0.25, -0.2) is 0 Å². The molecule has 0 heterocycles. The van der Waals surface area contributed by atoms with E-state index >= 15 is 0 Å². The van der Waals surface area contributed by atoms with E-state index in [4.69, 9.17) is 8.22 Å². The van der Waals surface area contributed by atoms with Gasteiger partial charge in [0.25, 0.3) is 0 Å². The lowest BCUT2D eigenvalue weighted by Gasteiger charge is -2.49. The van der Waals surface area contributed by atoms with Crippen LogP contribution in [-0.2, 0) is 6.42 Å². The lowest BCUT2D eigenvalue weighted by Crippen LogP contribution is -2.44. The number of aliphatic hydroxyl groups is 2. The van der Waals surface area contributed by atoms with Crippen molar-refractivity contribution in [3.8, 4) is 5.75 Å². The molecule has 3 aliphatic carbocycles. The summed E-state index contributed by atoms with van der Waals surface area (Å²) in [6.07, 6.45) is -6.43. The number of phenolic OH excluding ortho intramolecular Hbond substituents is 1. The Morgan fingerprint density at radius 3 is 3.05 bits per heavy atom. The summed E-state index contributed by atoms with van der Waals surface area (Å²) in [5, 5.41) is 31.2. The van der Waals surface area contributed by atoms with E-state index in [1.165, 1.54) is 6.07 Å². The fourth-order valence-electron chi connectivity index (χ4n) is 4.63. The second-order valence-corrected chi connectivity index (χ2v) is 6.78. The summed E-state index contributed by atoms with van der Waals surface area (Å²) in [6, 6.07) is 1.33. The lowest BCUT2D eigenvalue weighted by atomic mass is 9.55. The Balaban J connectivity index is 1.87. The van der Waals surface area contributed by atoms with Gasteiger partial charge in [-0.1, -0.05) is 13.0 Å². The van der Waals surface area contributed by atoms with Gasteiger partial charge < -0.3 is 15.3 Å². The Kier molecular flexibility index (Phi) is 1.82. The molecule has 0 radical (unpaired) electrons. The van der Waals surface area contributed by atoms with E-state index in [2.05, 4.69) is 0 Å². The van der Waals surface area contributed by atoms with Gasteiger partial charge in [0.05, 0.1) is 17.6 Å². The second kappa shape index (κ2) is 4.47. The minimum Gasteiger partial charge on any atom is -0.508 e. The van der Waals surface area contributed by atoms with Gasteiger partial charge in [-0.2, -0.15) is 0 Å². The molecule has 6 atom stereocenters. The molecule has 0 aliphatic heterocycles. The molecule has 2 fully saturated rings. The lowest BCUT2D eigenvalue weighted by molar-refractivity contribution is -0.0505. The Morgan fingerprint density at radius 1 is 1.43 bits per heavy atom. The van der Waals surface area contributed by atoms with Gasteiger partial charge in [0.15, 0.2) is 0 Å². The van der Waals surface area contributed by atoms with Crippen molar-refractivity contribution in [2.24, 2.45) is 17.3 Å². The quantitative estimate of drug-likeness (QED) is 0.689. The predicted octanol–water partition coefficient (Wildman–Crippen LogP) is 2.58. The average Bonchev–Trinajstić information content (AvgIpc) is 2.66. The number of fused-ring (bicyclic) bond motifs is 5. The summed E-state index contributed by atoms with van der Waals surface area (Å²) in [5.74, 6) is -1.78. The largest absolute Gasteiger partial charge is 0.508 e. The third-order valence-electron chi connectivity index (χ3n) is 5.77. The van der Waals surface area contributed by atoms with E-state index in [1.807, 2.05) is 0 Å². The summed E-state index contributed by atoms with van der Waals surface area (Å²) in [6.45, 7) is 1.59. The Hall–Kier alpha value is -1.06. The Labute approximate surface area is 134 Å². The molecule has 0 amide bonds. The summed E-state index contributed by atoms with van der Waals surface area (Å²) in [4.78, 5) is 0. The van der Waals surface area contributed by atoms with Crippen LogP contribution in [0.25, 0.3) is 0 Å². The molecule has 1 aromatic rings. The van der Waals surface area contributed by atoms with Crippen molar-refractivity contribution < 1.29 is 23.5 Å². The van der Waals surface area contributed by atoms with Crippen LogP contribution >= 0.6 is 0 Å². The molecule has 0 saturated heterocycles. The van der Waals surface area contributed by atoms with Crippen molar-refractivity contribution in [2.45, 2.75) is 57.1 Å². The van der Waals surface area contributed by atoms with Gasteiger partial charge in [-0.15, -0.1) is 0 Å². The number of rotatable bonds is 0. The van der Waals surface area contributed by atoms with Crippen LogP contribution in [0.2, 0.25) is 0 Å². The molecule has 114 valence electrons. The number of aromatic hydroxyl groups is 1. The minimum atomic E-state index is -2.95. The van der Waals surface area contributed by atoms with E-state index < -0.39 is 29.9 Å². The number of hydrogen-bond donors (Lipinski definition) is 3. The zero-order chi connectivity index (χ0) is 20.2. The summed E-state index contributed by atoms with van der Waals surface area (Å²) < 4.78 is 49.4. The van der Waals surface area contributed by atoms with Crippen LogP contribution in [0, 0.1) is 17.3 Å². The topological polar surface area (TPSA) is 60.7 Å². The van der Waals surface area contributed by atoms with Crippen LogP contribution in [-0.4, -0.2) is 27.5 Å². The van der Waals surface area contributed by atoms with Crippen molar-refractivity contribution in [2.75, 3.05) is 0 Å². The number of phenols is 1. The third kappa shape index (κ3) is 1.80. The first-order valence-electron chi connectivity index (χ1n) is 10.6. The highest BCUT2D eigenvalue weighted by Gasteiger charge is 2.57. The first-order valence-corrected chi connectivity index (χ1v) is 7.55.